The molecule has 16 heavy (non-hydrogen) atoms. The van der Waals surface area contributed by atoms with E-state index in [1.807, 2.05) is 23.9 Å². The predicted octanol–water partition coefficient (Wildman–Crippen LogP) is 0.814. The van der Waals surface area contributed by atoms with Crippen molar-refractivity contribution in [1.29, 1.82) is 0 Å². The molecule has 1 aromatic rings. The molecule has 1 N–H and O–H groups in total. The summed E-state index contributed by atoms with van der Waals surface area (Å²) >= 11 is 0. The van der Waals surface area contributed by atoms with Crippen molar-refractivity contribution in [3.63, 3.8) is 0 Å². The second kappa shape index (κ2) is 7.00. The van der Waals surface area contributed by atoms with Gasteiger partial charge in [0.15, 0.2) is 0 Å². The summed E-state index contributed by atoms with van der Waals surface area (Å²) in [5.74, 6) is -0.0534. The highest BCUT2D eigenvalue weighted by Gasteiger charge is 2.10. The van der Waals surface area contributed by atoms with Gasteiger partial charge in [-0.1, -0.05) is 0 Å². The average molecular weight is 225 g/mol. The van der Waals surface area contributed by atoms with Crippen molar-refractivity contribution < 1.29 is 9.53 Å². The third-order valence-corrected chi connectivity index (χ3v) is 2.21. The Morgan fingerprint density at radius 3 is 3.06 bits per heavy atom. The molecule has 0 fully saturated rings. The van der Waals surface area contributed by atoms with Gasteiger partial charge in [0.1, 0.15) is 6.10 Å². The number of nitrogens with one attached hydrogen (secondary N) is 1. The van der Waals surface area contributed by atoms with E-state index in [0.29, 0.717) is 13.2 Å². The van der Waals surface area contributed by atoms with Gasteiger partial charge in [-0.05, 0) is 26.3 Å². The Kier molecular flexibility index (Phi) is 5.56. The first-order valence-electron chi connectivity index (χ1n) is 5.60. The van der Waals surface area contributed by atoms with Crippen LogP contribution in [0.2, 0.25) is 0 Å². The molecule has 1 amide bonds. The smallest absolute Gasteiger partial charge is 0.248 e. The lowest BCUT2D eigenvalue weighted by molar-refractivity contribution is -0.131. The van der Waals surface area contributed by atoms with Crippen molar-refractivity contribution in [2.75, 3.05) is 13.2 Å². The normalized spacial score (nSPS) is 12.4. The quantitative estimate of drug-likeness (QED) is 0.699. The molecule has 0 radical (unpaired) electrons. The Labute approximate surface area is 95.8 Å². The molecule has 1 aromatic heterocycles. The third kappa shape index (κ3) is 4.44. The van der Waals surface area contributed by atoms with Gasteiger partial charge < -0.3 is 10.1 Å². The molecular weight excluding hydrogens is 206 g/mol. The van der Waals surface area contributed by atoms with Crippen LogP contribution in [0.25, 0.3) is 0 Å². The second-order valence-corrected chi connectivity index (χ2v) is 3.51. The van der Waals surface area contributed by atoms with E-state index in [9.17, 15) is 4.79 Å². The van der Waals surface area contributed by atoms with E-state index in [0.717, 1.165) is 13.0 Å². The molecule has 0 aromatic carbocycles. The number of carbonyl (C=O) groups excluding carboxylic acids is 1. The van der Waals surface area contributed by atoms with Crippen LogP contribution in [0.5, 0.6) is 0 Å². The fourth-order valence-corrected chi connectivity index (χ4v) is 1.35. The summed E-state index contributed by atoms with van der Waals surface area (Å²) < 4.78 is 7.02. The van der Waals surface area contributed by atoms with Gasteiger partial charge in [-0.3, -0.25) is 9.48 Å². The van der Waals surface area contributed by atoms with E-state index in [1.165, 1.54) is 0 Å². The lowest BCUT2D eigenvalue weighted by Crippen LogP contribution is -2.35. The number of amides is 1. The van der Waals surface area contributed by atoms with E-state index in [4.69, 9.17) is 4.74 Å². The van der Waals surface area contributed by atoms with Crippen molar-refractivity contribution in [1.82, 2.24) is 15.1 Å². The molecule has 0 saturated carbocycles. The summed E-state index contributed by atoms with van der Waals surface area (Å²) in [5, 5.41) is 6.90. The molecule has 0 aliphatic heterocycles. The molecule has 0 saturated heterocycles. The maximum absolute atomic E-state index is 11.4. The number of ether oxygens (including phenoxy) is 1. The van der Waals surface area contributed by atoms with Gasteiger partial charge in [-0.2, -0.15) is 5.10 Å². The second-order valence-electron chi connectivity index (χ2n) is 3.51. The number of hydrogen-bond donors (Lipinski definition) is 1. The number of carbonyl (C=O) groups is 1. The van der Waals surface area contributed by atoms with Crippen molar-refractivity contribution in [2.45, 2.75) is 32.9 Å². The lowest BCUT2D eigenvalue weighted by atomic mass is 10.3. The number of aryl methyl sites for hydroxylation is 1. The largest absolute Gasteiger partial charge is 0.369 e. The van der Waals surface area contributed by atoms with Gasteiger partial charge in [-0.25, -0.2) is 0 Å². The van der Waals surface area contributed by atoms with Crippen LogP contribution in [0.15, 0.2) is 18.5 Å². The van der Waals surface area contributed by atoms with Crippen LogP contribution in [0.4, 0.5) is 0 Å². The van der Waals surface area contributed by atoms with Crippen molar-refractivity contribution >= 4 is 5.91 Å². The Bertz CT molecular complexity index is 298. The molecule has 1 rings (SSSR count). The lowest BCUT2D eigenvalue weighted by Gasteiger charge is -2.11. The maximum atomic E-state index is 11.4. The molecule has 1 heterocycles. The zero-order valence-corrected chi connectivity index (χ0v) is 9.85. The Morgan fingerprint density at radius 2 is 2.44 bits per heavy atom. The number of aromatic nitrogens is 2. The van der Waals surface area contributed by atoms with Crippen LogP contribution >= 0.6 is 0 Å². The summed E-state index contributed by atoms with van der Waals surface area (Å²) in [6.07, 6.45) is 4.15. The van der Waals surface area contributed by atoms with Crippen LogP contribution in [0.3, 0.4) is 0 Å². The van der Waals surface area contributed by atoms with E-state index in [1.54, 1.807) is 13.1 Å². The monoisotopic (exact) mass is 225 g/mol. The van der Waals surface area contributed by atoms with Gasteiger partial charge in [-0.15, -0.1) is 0 Å². The molecule has 0 unspecified atom stereocenters. The van der Waals surface area contributed by atoms with Crippen molar-refractivity contribution in [3.8, 4) is 0 Å². The highest BCUT2D eigenvalue weighted by Crippen LogP contribution is 1.91. The van der Waals surface area contributed by atoms with Crippen LogP contribution in [-0.2, 0) is 16.1 Å². The summed E-state index contributed by atoms with van der Waals surface area (Å²) in [6, 6.07) is 1.88. The van der Waals surface area contributed by atoms with Gasteiger partial charge >= 0.3 is 0 Å². The van der Waals surface area contributed by atoms with Gasteiger partial charge in [0, 0.05) is 32.1 Å². The first kappa shape index (κ1) is 12.7. The van der Waals surface area contributed by atoms with Crippen LogP contribution in [-0.4, -0.2) is 34.9 Å². The number of rotatable bonds is 7. The fourth-order valence-electron chi connectivity index (χ4n) is 1.35. The van der Waals surface area contributed by atoms with Gasteiger partial charge in [0.2, 0.25) is 5.91 Å². The molecule has 5 heteroatoms. The van der Waals surface area contributed by atoms with Crippen LogP contribution in [0, 0.1) is 0 Å². The Balaban J connectivity index is 2.08. The van der Waals surface area contributed by atoms with Gasteiger partial charge in [0.25, 0.3) is 0 Å². The van der Waals surface area contributed by atoms with E-state index >= 15 is 0 Å². The Morgan fingerprint density at radius 1 is 1.62 bits per heavy atom. The van der Waals surface area contributed by atoms with Crippen molar-refractivity contribution in [2.24, 2.45) is 0 Å². The van der Waals surface area contributed by atoms with Gasteiger partial charge in [0.05, 0.1) is 0 Å². The fraction of sp³-hybridized carbons (Fsp3) is 0.636. The third-order valence-electron chi connectivity index (χ3n) is 2.21. The molecule has 5 nitrogen and oxygen atoms in total. The highest BCUT2D eigenvalue weighted by atomic mass is 16.5. The molecule has 90 valence electrons. The van der Waals surface area contributed by atoms with Crippen LogP contribution in [0.1, 0.15) is 20.3 Å². The SMILES string of the molecule is CCO[C@@H](C)C(=O)NCCCn1cccn1. The first-order chi connectivity index (χ1) is 7.74. The summed E-state index contributed by atoms with van der Waals surface area (Å²) in [4.78, 5) is 11.4. The molecular formula is C11H19N3O2. The number of hydrogen-bond acceptors (Lipinski definition) is 3. The van der Waals surface area contributed by atoms with Crippen molar-refractivity contribution in [3.05, 3.63) is 18.5 Å². The van der Waals surface area contributed by atoms with Crippen LogP contribution < -0.4 is 5.32 Å². The van der Waals surface area contributed by atoms with E-state index in [-0.39, 0.29) is 12.0 Å². The standard InChI is InChI=1S/C11H19N3O2/c1-3-16-10(2)11(15)12-6-4-8-14-9-5-7-13-14/h5,7,9-10H,3-4,6,8H2,1-2H3,(H,12,15)/t10-/m0/s1. The minimum absolute atomic E-state index is 0.0534. The summed E-state index contributed by atoms with van der Waals surface area (Å²) in [6.45, 7) is 5.65. The topological polar surface area (TPSA) is 56.1 Å². The predicted molar refractivity (Wildman–Crippen MR) is 60.9 cm³/mol. The highest BCUT2D eigenvalue weighted by molar-refractivity contribution is 5.80. The Hall–Kier alpha value is -1.36. The summed E-state index contributed by atoms with van der Waals surface area (Å²) in [5.41, 5.74) is 0. The van der Waals surface area contributed by atoms with E-state index in [2.05, 4.69) is 10.4 Å². The minimum Gasteiger partial charge on any atom is -0.369 e. The average Bonchev–Trinajstić information content (AvgIpc) is 2.77. The molecule has 0 aliphatic rings. The minimum atomic E-state index is -0.366. The molecule has 0 bridgehead atoms. The zero-order chi connectivity index (χ0) is 11.8. The first-order valence-corrected chi connectivity index (χ1v) is 5.60. The molecule has 0 aliphatic carbocycles. The molecule has 1 atom stereocenters. The number of nitrogens with zero attached hydrogens (tertiary/aromatic N) is 2. The maximum Gasteiger partial charge on any atom is 0.248 e. The zero-order valence-electron chi connectivity index (χ0n) is 9.85. The van der Waals surface area contributed by atoms with E-state index < -0.39 is 0 Å². The molecule has 0 spiro atoms. The summed E-state index contributed by atoms with van der Waals surface area (Å²) in [7, 11) is 0.